The van der Waals surface area contributed by atoms with Gasteiger partial charge < -0.3 is 9.26 Å². The molecule has 6 nitrogen and oxygen atoms in total. The van der Waals surface area contributed by atoms with Crippen LogP contribution in [-0.2, 0) is 0 Å². The molecule has 0 fully saturated rings. The lowest BCUT2D eigenvalue weighted by Gasteiger charge is -2.09. The minimum Gasteiger partial charge on any atom is -0.494 e. The Hall–Kier alpha value is -3.28. The van der Waals surface area contributed by atoms with Crippen LogP contribution in [0.2, 0.25) is 0 Å². The first kappa shape index (κ1) is 16.2. The molecule has 3 aromatic heterocycles. The molecule has 0 spiro atoms. The highest BCUT2D eigenvalue weighted by atomic mass is 16.5. The molecule has 0 unspecified atom stereocenters. The van der Waals surface area contributed by atoms with Crippen molar-refractivity contribution in [3.63, 3.8) is 0 Å². The fourth-order valence-corrected chi connectivity index (χ4v) is 2.80. The fourth-order valence-electron chi connectivity index (χ4n) is 2.80. The maximum Gasteiger partial charge on any atom is 0.259 e. The van der Waals surface area contributed by atoms with Gasteiger partial charge in [0.2, 0.25) is 0 Å². The molecule has 130 valence electrons. The molecular weight excluding hydrogens is 328 g/mol. The average molecular weight is 346 g/mol. The van der Waals surface area contributed by atoms with E-state index in [1.807, 2.05) is 50.2 Å². The van der Waals surface area contributed by atoms with Crippen LogP contribution in [0.15, 0.2) is 53.3 Å². The summed E-state index contributed by atoms with van der Waals surface area (Å²) in [5.41, 5.74) is 3.45. The Morgan fingerprint density at radius 1 is 1.04 bits per heavy atom. The topological polar surface area (TPSA) is 73.9 Å². The van der Waals surface area contributed by atoms with Crippen molar-refractivity contribution in [2.75, 3.05) is 7.11 Å². The van der Waals surface area contributed by atoms with E-state index >= 15 is 0 Å². The van der Waals surface area contributed by atoms with Gasteiger partial charge in [0.1, 0.15) is 11.3 Å². The molecule has 0 atom stereocenters. The van der Waals surface area contributed by atoms with Gasteiger partial charge in [-0.05, 0) is 30.3 Å². The second-order valence-corrected chi connectivity index (χ2v) is 6.26. The Morgan fingerprint density at radius 3 is 2.62 bits per heavy atom. The molecule has 4 aromatic rings. The molecule has 0 aliphatic carbocycles. The van der Waals surface area contributed by atoms with Crippen molar-refractivity contribution in [2.24, 2.45) is 0 Å². The Balaban J connectivity index is 1.74. The summed E-state index contributed by atoms with van der Waals surface area (Å²) in [6, 6.07) is 11.7. The molecule has 0 bridgehead atoms. The van der Waals surface area contributed by atoms with Crippen LogP contribution in [0.1, 0.15) is 25.6 Å². The summed E-state index contributed by atoms with van der Waals surface area (Å²) in [6.07, 6.45) is 3.51. The number of aromatic nitrogens is 4. The quantitative estimate of drug-likeness (QED) is 0.542. The zero-order valence-corrected chi connectivity index (χ0v) is 14.8. The van der Waals surface area contributed by atoms with Gasteiger partial charge in [-0.2, -0.15) is 4.98 Å². The van der Waals surface area contributed by atoms with Crippen LogP contribution in [-0.4, -0.2) is 27.2 Å². The molecule has 1 aromatic carbocycles. The molecule has 26 heavy (non-hydrogen) atoms. The van der Waals surface area contributed by atoms with Gasteiger partial charge in [-0.3, -0.25) is 9.97 Å². The van der Waals surface area contributed by atoms with Crippen molar-refractivity contribution < 1.29 is 9.26 Å². The van der Waals surface area contributed by atoms with Crippen LogP contribution < -0.4 is 4.74 Å². The van der Waals surface area contributed by atoms with Crippen LogP contribution in [0.25, 0.3) is 33.6 Å². The number of pyridine rings is 2. The van der Waals surface area contributed by atoms with Crippen LogP contribution in [0.5, 0.6) is 5.75 Å². The highest BCUT2D eigenvalue weighted by Gasteiger charge is 2.13. The number of rotatable bonds is 4. The summed E-state index contributed by atoms with van der Waals surface area (Å²) < 4.78 is 10.7. The van der Waals surface area contributed by atoms with E-state index in [0.717, 1.165) is 33.5 Å². The van der Waals surface area contributed by atoms with E-state index in [1.165, 1.54) is 0 Å². The van der Waals surface area contributed by atoms with E-state index in [1.54, 1.807) is 19.5 Å². The SMILES string of the molecule is COc1ccc(-c2ccc(-c3nc(C(C)C)no3)cn2)c2cccnc12. The summed E-state index contributed by atoms with van der Waals surface area (Å²) in [7, 11) is 1.64. The first-order valence-electron chi connectivity index (χ1n) is 8.39. The maximum absolute atomic E-state index is 5.41. The third kappa shape index (κ3) is 2.79. The normalized spacial score (nSPS) is 11.2. The largest absolute Gasteiger partial charge is 0.494 e. The number of hydrogen-bond donors (Lipinski definition) is 0. The molecule has 0 amide bonds. The van der Waals surface area contributed by atoms with Crippen molar-refractivity contribution in [1.82, 2.24) is 20.1 Å². The predicted octanol–water partition coefficient (Wildman–Crippen LogP) is 4.48. The molecule has 0 radical (unpaired) electrons. The molecule has 6 heteroatoms. The second kappa shape index (κ2) is 6.55. The molecule has 0 saturated heterocycles. The number of hydrogen-bond acceptors (Lipinski definition) is 6. The van der Waals surface area contributed by atoms with Crippen LogP contribution >= 0.6 is 0 Å². The van der Waals surface area contributed by atoms with Gasteiger partial charge in [-0.25, -0.2) is 0 Å². The van der Waals surface area contributed by atoms with Gasteiger partial charge in [-0.1, -0.05) is 25.1 Å². The zero-order valence-electron chi connectivity index (χ0n) is 14.8. The summed E-state index contributed by atoms with van der Waals surface area (Å²) in [5, 5.41) is 4.99. The van der Waals surface area contributed by atoms with E-state index in [-0.39, 0.29) is 5.92 Å². The van der Waals surface area contributed by atoms with E-state index in [0.29, 0.717) is 11.7 Å². The number of benzene rings is 1. The van der Waals surface area contributed by atoms with E-state index in [4.69, 9.17) is 9.26 Å². The monoisotopic (exact) mass is 346 g/mol. The summed E-state index contributed by atoms with van der Waals surface area (Å²) in [6.45, 7) is 4.05. The summed E-state index contributed by atoms with van der Waals surface area (Å²) in [5.74, 6) is 2.14. The number of nitrogens with zero attached hydrogens (tertiary/aromatic N) is 4. The molecule has 0 aliphatic rings. The lowest BCUT2D eigenvalue weighted by molar-refractivity contribution is 0.419. The first-order valence-corrected chi connectivity index (χ1v) is 8.39. The van der Waals surface area contributed by atoms with Gasteiger partial charge in [-0.15, -0.1) is 0 Å². The average Bonchev–Trinajstić information content (AvgIpc) is 3.18. The summed E-state index contributed by atoms with van der Waals surface area (Å²) in [4.78, 5) is 13.4. The minimum atomic E-state index is 0.220. The van der Waals surface area contributed by atoms with Crippen molar-refractivity contribution in [2.45, 2.75) is 19.8 Å². The van der Waals surface area contributed by atoms with Crippen LogP contribution in [0.3, 0.4) is 0 Å². The fraction of sp³-hybridized carbons (Fsp3) is 0.200. The molecule has 0 N–H and O–H groups in total. The number of methoxy groups -OCH3 is 1. The zero-order chi connectivity index (χ0) is 18.1. The van der Waals surface area contributed by atoms with Crippen LogP contribution in [0.4, 0.5) is 0 Å². The third-order valence-corrected chi connectivity index (χ3v) is 4.20. The highest BCUT2D eigenvalue weighted by molar-refractivity contribution is 5.97. The summed E-state index contributed by atoms with van der Waals surface area (Å²) >= 11 is 0. The Kier molecular flexibility index (Phi) is 4.08. The maximum atomic E-state index is 5.41. The Morgan fingerprint density at radius 2 is 1.92 bits per heavy atom. The molecule has 0 saturated carbocycles. The van der Waals surface area contributed by atoms with Crippen molar-refractivity contribution in [1.29, 1.82) is 0 Å². The van der Waals surface area contributed by atoms with Crippen LogP contribution in [0, 0.1) is 0 Å². The number of fused-ring (bicyclic) bond motifs is 1. The lowest BCUT2D eigenvalue weighted by atomic mass is 10.0. The van der Waals surface area contributed by atoms with Crippen molar-refractivity contribution >= 4 is 10.9 Å². The van der Waals surface area contributed by atoms with Gasteiger partial charge in [0.05, 0.1) is 18.4 Å². The second-order valence-electron chi connectivity index (χ2n) is 6.26. The van der Waals surface area contributed by atoms with E-state index in [9.17, 15) is 0 Å². The first-order chi connectivity index (χ1) is 12.7. The van der Waals surface area contributed by atoms with Gasteiger partial charge in [0.15, 0.2) is 5.82 Å². The van der Waals surface area contributed by atoms with Crippen molar-refractivity contribution in [3.05, 3.63) is 54.6 Å². The minimum absolute atomic E-state index is 0.220. The van der Waals surface area contributed by atoms with E-state index in [2.05, 4.69) is 20.1 Å². The predicted molar refractivity (Wildman–Crippen MR) is 98.9 cm³/mol. The molecule has 3 heterocycles. The van der Waals surface area contributed by atoms with Gasteiger partial charge in [0.25, 0.3) is 5.89 Å². The molecule has 0 aliphatic heterocycles. The third-order valence-electron chi connectivity index (χ3n) is 4.20. The highest BCUT2D eigenvalue weighted by Crippen LogP contribution is 2.32. The molecular formula is C20H18N4O2. The van der Waals surface area contributed by atoms with Crippen molar-refractivity contribution in [3.8, 4) is 28.5 Å². The van der Waals surface area contributed by atoms with Gasteiger partial charge in [0, 0.05) is 29.3 Å². The molecule has 4 rings (SSSR count). The van der Waals surface area contributed by atoms with Gasteiger partial charge >= 0.3 is 0 Å². The van der Waals surface area contributed by atoms with E-state index < -0.39 is 0 Å². The lowest BCUT2D eigenvalue weighted by Crippen LogP contribution is -1.92. The Labute approximate surface area is 150 Å². The number of ether oxygens (including phenoxy) is 1. The standard InChI is InChI=1S/C20H18N4O2/c1-12(2)19-23-20(26-24-19)13-6-8-16(22-11-13)14-7-9-17(25-3)18-15(14)5-4-10-21-18/h4-12H,1-3H3. The smallest absolute Gasteiger partial charge is 0.259 e. The Bertz CT molecular complexity index is 1060.